The maximum absolute atomic E-state index is 12.2. The monoisotopic (exact) mass is 430 g/mol. The lowest BCUT2D eigenvalue weighted by atomic mass is 10.1. The summed E-state index contributed by atoms with van der Waals surface area (Å²) in [5, 5.41) is 12.5. The number of amides is 1. The summed E-state index contributed by atoms with van der Waals surface area (Å²) in [6.45, 7) is 6.26. The number of rotatable bonds is 7. The van der Waals surface area contributed by atoms with E-state index in [1.807, 2.05) is 56.7 Å². The van der Waals surface area contributed by atoms with Crippen LogP contribution in [0.5, 0.6) is 5.75 Å². The second kappa shape index (κ2) is 9.33. The second-order valence-corrected chi connectivity index (χ2v) is 8.17. The number of ether oxygens (including phenoxy) is 1. The highest BCUT2D eigenvalue weighted by Crippen LogP contribution is 2.23. The predicted molar refractivity (Wildman–Crippen MR) is 117 cm³/mol. The maximum atomic E-state index is 12.2. The summed E-state index contributed by atoms with van der Waals surface area (Å²) in [4.78, 5) is 12.2. The molecule has 2 aromatic carbocycles. The number of carbonyl (C=O) groups is 1. The van der Waals surface area contributed by atoms with Gasteiger partial charge in [-0.3, -0.25) is 4.79 Å². The Bertz CT molecular complexity index is 1040. The van der Waals surface area contributed by atoms with Gasteiger partial charge in [0.05, 0.1) is 5.75 Å². The molecule has 0 aliphatic carbocycles. The molecule has 0 atom stereocenters. The van der Waals surface area contributed by atoms with Gasteiger partial charge in [-0.25, -0.2) is 0 Å². The highest BCUT2D eigenvalue weighted by Gasteiger charge is 2.13. The molecule has 6 nitrogen and oxygen atoms in total. The van der Waals surface area contributed by atoms with Gasteiger partial charge >= 0.3 is 0 Å². The third kappa shape index (κ3) is 5.52. The van der Waals surface area contributed by atoms with Gasteiger partial charge in [0.15, 0.2) is 11.0 Å². The molecule has 3 aromatic rings. The second-order valence-electron chi connectivity index (χ2n) is 6.82. The summed E-state index contributed by atoms with van der Waals surface area (Å²) >= 11 is 7.41. The molecule has 3 rings (SSSR count). The number of hydrogen-bond donors (Lipinski definition) is 1. The smallest absolute Gasteiger partial charge is 0.234 e. The topological polar surface area (TPSA) is 69.0 Å². The molecular formula is C21H23ClN4O2S. The van der Waals surface area contributed by atoms with Gasteiger partial charge in [-0.05, 0) is 55.7 Å². The SMILES string of the molecule is Cc1ccc(C)c(OCc2nnc(SCC(=O)Nc3ccc(C)c(Cl)c3)n2C)c1. The van der Waals surface area contributed by atoms with Gasteiger partial charge in [-0.1, -0.05) is 41.6 Å². The van der Waals surface area contributed by atoms with E-state index >= 15 is 0 Å². The van der Waals surface area contributed by atoms with Crippen molar-refractivity contribution in [2.24, 2.45) is 7.05 Å². The molecular weight excluding hydrogens is 408 g/mol. The van der Waals surface area contributed by atoms with Crippen molar-refractivity contribution in [2.45, 2.75) is 32.5 Å². The van der Waals surface area contributed by atoms with E-state index in [1.165, 1.54) is 11.8 Å². The predicted octanol–water partition coefficient (Wildman–Crippen LogP) is 4.70. The molecule has 1 aromatic heterocycles. The maximum Gasteiger partial charge on any atom is 0.234 e. The zero-order chi connectivity index (χ0) is 21.0. The van der Waals surface area contributed by atoms with Crippen molar-refractivity contribution in [3.63, 3.8) is 0 Å². The Labute approximate surface area is 179 Å². The number of nitrogens with one attached hydrogen (secondary N) is 1. The average Bonchev–Trinajstić information content (AvgIpc) is 3.03. The standard InChI is InChI=1S/C21H23ClN4O2S/c1-13-5-6-15(3)18(9-13)28-11-19-24-25-21(26(19)4)29-12-20(27)23-16-8-7-14(2)17(22)10-16/h5-10H,11-12H2,1-4H3,(H,23,27). The molecule has 0 radical (unpaired) electrons. The Morgan fingerprint density at radius 1 is 1.14 bits per heavy atom. The molecule has 1 amide bonds. The Kier molecular flexibility index (Phi) is 6.82. The van der Waals surface area contributed by atoms with Gasteiger partial charge in [-0.2, -0.15) is 0 Å². The number of thioether (sulfide) groups is 1. The fraction of sp³-hybridized carbons (Fsp3) is 0.286. The molecule has 0 saturated carbocycles. The quantitative estimate of drug-likeness (QED) is 0.550. The first kappa shape index (κ1) is 21.2. The third-order valence-corrected chi connectivity index (χ3v) is 5.84. The Morgan fingerprint density at radius 2 is 1.90 bits per heavy atom. The van der Waals surface area contributed by atoms with E-state index in [1.54, 1.807) is 6.07 Å². The highest BCUT2D eigenvalue weighted by molar-refractivity contribution is 7.99. The third-order valence-electron chi connectivity index (χ3n) is 4.41. The number of benzene rings is 2. The van der Waals surface area contributed by atoms with Crippen molar-refractivity contribution in [3.8, 4) is 5.75 Å². The minimum absolute atomic E-state index is 0.133. The fourth-order valence-electron chi connectivity index (χ4n) is 2.60. The van der Waals surface area contributed by atoms with Crippen molar-refractivity contribution >= 4 is 35.0 Å². The van der Waals surface area contributed by atoms with Crippen LogP contribution >= 0.6 is 23.4 Å². The molecule has 0 aliphatic heterocycles. The van der Waals surface area contributed by atoms with Crippen LogP contribution in [0.4, 0.5) is 5.69 Å². The van der Waals surface area contributed by atoms with Crippen LogP contribution in [0.15, 0.2) is 41.6 Å². The molecule has 1 N–H and O–H groups in total. The zero-order valence-corrected chi connectivity index (χ0v) is 18.4. The van der Waals surface area contributed by atoms with E-state index in [2.05, 4.69) is 21.6 Å². The number of nitrogens with zero attached hydrogens (tertiary/aromatic N) is 3. The molecule has 0 bridgehead atoms. The van der Waals surface area contributed by atoms with E-state index in [9.17, 15) is 4.79 Å². The summed E-state index contributed by atoms with van der Waals surface area (Å²) in [5.41, 5.74) is 3.85. The summed E-state index contributed by atoms with van der Waals surface area (Å²) < 4.78 is 7.74. The Morgan fingerprint density at radius 3 is 2.66 bits per heavy atom. The zero-order valence-electron chi connectivity index (χ0n) is 16.8. The fourth-order valence-corrected chi connectivity index (χ4v) is 3.51. The van der Waals surface area contributed by atoms with Crippen LogP contribution in [0.1, 0.15) is 22.5 Å². The van der Waals surface area contributed by atoms with Crippen molar-refractivity contribution < 1.29 is 9.53 Å². The van der Waals surface area contributed by atoms with Gasteiger partial charge in [-0.15, -0.1) is 10.2 Å². The van der Waals surface area contributed by atoms with Crippen LogP contribution in [-0.4, -0.2) is 26.4 Å². The lowest BCUT2D eigenvalue weighted by molar-refractivity contribution is -0.113. The number of aryl methyl sites for hydroxylation is 3. The van der Waals surface area contributed by atoms with Crippen LogP contribution in [-0.2, 0) is 18.4 Å². The molecule has 0 saturated heterocycles. The minimum Gasteiger partial charge on any atom is -0.485 e. The van der Waals surface area contributed by atoms with E-state index in [4.69, 9.17) is 16.3 Å². The largest absolute Gasteiger partial charge is 0.485 e. The molecule has 8 heteroatoms. The Hall–Kier alpha value is -2.51. The summed E-state index contributed by atoms with van der Waals surface area (Å²) in [6, 6.07) is 11.5. The summed E-state index contributed by atoms with van der Waals surface area (Å²) in [6.07, 6.45) is 0. The molecule has 0 fully saturated rings. The van der Waals surface area contributed by atoms with Gasteiger partial charge < -0.3 is 14.6 Å². The van der Waals surface area contributed by atoms with E-state index in [0.717, 1.165) is 22.4 Å². The normalized spacial score (nSPS) is 10.8. The van der Waals surface area contributed by atoms with Crippen LogP contribution in [0, 0.1) is 20.8 Å². The molecule has 0 spiro atoms. The lowest BCUT2D eigenvalue weighted by Gasteiger charge is -2.10. The molecule has 152 valence electrons. The average molecular weight is 431 g/mol. The van der Waals surface area contributed by atoms with Crippen molar-refractivity contribution in [2.75, 3.05) is 11.1 Å². The van der Waals surface area contributed by atoms with Gasteiger partial charge in [0.1, 0.15) is 12.4 Å². The minimum atomic E-state index is -0.133. The van der Waals surface area contributed by atoms with Gasteiger partial charge in [0.25, 0.3) is 0 Å². The first-order valence-corrected chi connectivity index (χ1v) is 10.5. The van der Waals surface area contributed by atoms with Gasteiger partial charge in [0, 0.05) is 17.8 Å². The van der Waals surface area contributed by atoms with E-state index in [-0.39, 0.29) is 11.7 Å². The van der Waals surface area contributed by atoms with Crippen molar-refractivity contribution in [1.82, 2.24) is 14.8 Å². The van der Waals surface area contributed by atoms with Crippen LogP contribution in [0.3, 0.4) is 0 Å². The van der Waals surface area contributed by atoms with E-state index < -0.39 is 0 Å². The first-order valence-electron chi connectivity index (χ1n) is 9.10. The highest BCUT2D eigenvalue weighted by atomic mass is 35.5. The molecule has 0 aliphatic rings. The molecule has 0 unspecified atom stereocenters. The summed E-state index contributed by atoms with van der Waals surface area (Å²) in [5.74, 6) is 1.61. The van der Waals surface area contributed by atoms with Crippen LogP contribution < -0.4 is 10.1 Å². The molecule has 29 heavy (non-hydrogen) atoms. The van der Waals surface area contributed by atoms with Crippen molar-refractivity contribution in [3.05, 3.63) is 63.9 Å². The number of halogens is 1. The Balaban J connectivity index is 1.55. The first-order chi connectivity index (χ1) is 13.8. The van der Waals surface area contributed by atoms with Gasteiger partial charge in [0.2, 0.25) is 5.91 Å². The number of aromatic nitrogens is 3. The number of hydrogen-bond acceptors (Lipinski definition) is 5. The van der Waals surface area contributed by atoms with Crippen LogP contribution in [0.2, 0.25) is 5.02 Å². The summed E-state index contributed by atoms with van der Waals surface area (Å²) in [7, 11) is 1.86. The van der Waals surface area contributed by atoms with Crippen LogP contribution in [0.25, 0.3) is 0 Å². The molecule has 1 heterocycles. The number of anilines is 1. The number of carbonyl (C=O) groups excluding carboxylic acids is 1. The van der Waals surface area contributed by atoms with E-state index in [0.29, 0.717) is 28.3 Å². The van der Waals surface area contributed by atoms with Crippen molar-refractivity contribution in [1.29, 1.82) is 0 Å². The lowest BCUT2D eigenvalue weighted by Crippen LogP contribution is -2.14.